The van der Waals surface area contributed by atoms with Crippen LogP contribution in [0.2, 0.25) is 0 Å². The Morgan fingerprint density at radius 1 is 1.26 bits per heavy atom. The number of nitrogens with one attached hydrogen (secondary N) is 1. The molecule has 0 amide bonds. The molecule has 1 N–H and O–H groups in total. The lowest BCUT2D eigenvalue weighted by atomic mass is 9.75. The highest BCUT2D eigenvalue weighted by Gasteiger charge is 2.27. The van der Waals surface area contributed by atoms with E-state index in [1.807, 2.05) is 12.1 Å². The van der Waals surface area contributed by atoms with Crippen LogP contribution >= 0.6 is 0 Å². The molecular weight excluding hydrogens is 234 g/mol. The Balaban J connectivity index is 1.73. The highest BCUT2D eigenvalue weighted by Crippen LogP contribution is 2.34. The van der Waals surface area contributed by atoms with E-state index in [9.17, 15) is 0 Å². The molecule has 1 aliphatic rings. The van der Waals surface area contributed by atoms with Gasteiger partial charge in [0.25, 0.3) is 0 Å². The van der Waals surface area contributed by atoms with E-state index in [0.717, 1.165) is 18.7 Å². The van der Waals surface area contributed by atoms with Crippen molar-refractivity contribution in [3.8, 4) is 5.75 Å². The van der Waals surface area contributed by atoms with Gasteiger partial charge in [-0.15, -0.1) is 0 Å². The normalized spacial score (nSPS) is 22.2. The van der Waals surface area contributed by atoms with Crippen LogP contribution in [-0.4, -0.2) is 19.7 Å². The van der Waals surface area contributed by atoms with Crippen LogP contribution in [0.15, 0.2) is 24.3 Å². The third-order valence-electron chi connectivity index (χ3n) is 4.21. The van der Waals surface area contributed by atoms with Crippen LogP contribution in [0.25, 0.3) is 0 Å². The molecule has 1 aromatic carbocycles. The van der Waals surface area contributed by atoms with Crippen molar-refractivity contribution >= 4 is 0 Å². The summed E-state index contributed by atoms with van der Waals surface area (Å²) in [5, 5.41) is 3.72. The van der Waals surface area contributed by atoms with Gasteiger partial charge in [0.05, 0.1) is 7.11 Å². The second-order valence-corrected chi connectivity index (χ2v) is 6.51. The molecule has 2 rings (SSSR count). The predicted molar refractivity (Wildman–Crippen MR) is 80.7 cm³/mol. The summed E-state index contributed by atoms with van der Waals surface area (Å²) in [6.07, 6.45) is 6.50. The van der Waals surface area contributed by atoms with Crippen molar-refractivity contribution < 1.29 is 4.74 Å². The van der Waals surface area contributed by atoms with E-state index in [4.69, 9.17) is 4.74 Å². The summed E-state index contributed by atoms with van der Waals surface area (Å²) < 4.78 is 5.18. The number of hydrogen-bond donors (Lipinski definition) is 1. The van der Waals surface area contributed by atoms with Gasteiger partial charge < -0.3 is 10.1 Å². The monoisotopic (exact) mass is 261 g/mol. The van der Waals surface area contributed by atoms with Crippen molar-refractivity contribution in [3.05, 3.63) is 29.8 Å². The zero-order valence-corrected chi connectivity index (χ0v) is 12.5. The predicted octanol–water partition coefficient (Wildman–Crippen LogP) is 3.80. The summed E-state index contributed by atoms with van der Waals surface area (Å²) >= 11 is 0. The first-order valence-corrected chi connectivity index (χ1v) is 7.45. The Morgan fingerprint density at radius 3 is 2.63 bits per heavy atom. The minimum atomic E-state index is 0.524. The van der Waals surface area contributed by atoms with E-state index >= 15 is 0 Å². The summed E-state index contributed by atoms with van der Waals surface area (Å²) in [5.41, 5.74) is 1.90. The number of hydrogen-bond acceptors (Lipinski definition) is 2. The molecule has 0 aliphatic heterocycles. The van der Waals surface area contributed by atoms with Gasteiger partial charge in [-0.3, -0.25) is 0 Å². The van der Waals surface area contributed by atoms with Gasteiger partial charge in [-0.05, 0) is 55.3 Å². The van der Waals surface area contributed by atoms with Crippen LogP contribution in [0.5, 0.6) is 5.75 Å². The molecule has 1 aliphatic carbocycles. The maximum absolute atomic E-state index is 5.18. The molecule has 2 heteroatoms. The fourth-order valence-corrected chi connectivity index (χ4v) is 3.09. The molecule has 0 spiro atoms. The van der Waals surface area contributed by atoms with Gasteiger partial charge in [-0.1, -0.05) is 32.4 Å². The van der Waals surface area contributed by atoms with E-state index in [-0.39, 0.29) is 0 Å². The van der Waals surface area contributed by atoms with Gasteiger partial charge in [0.1, 0.15) is 5.75 Å². The highest BCUT2D eigenvalue weighted by molar-refractivity contribution is 5.27. The summed E-state index contributed by atoms with van der Waals surface area (Å²) in [6, 6.07) is 9.11. The minimum Gasteiger partial charge on any atom is -0.497 e. The molecule has 0 aromatic heterocycles. The summed E-state index contributed by atoms with van der Waals surface area (Å²) in [7, 11) is 1.71. The Bertz CT molecular complexity index is 383. The fraction of sp³-hybridized carbons (Fsp3) is 0.647. The Labute approximate surface area is 117 Å². The van der Waals surface area contributed by atoms with Crippen LogP contribution in [-0.2, 0) is 6.42 Å². The highest BCUT2D eigenvalue weighted by atomic mass is 16.5. The smallest absolute Gasteiger partial charge is 0.118 e. The minimum absolute atomic E-state index is 0.524. The third-order valence-corrected chi connectivity index (χ3v) is 4.21. The van der Waals surface area contributed by atoms with E-state index in [1.54, 1.807) is 7.11 Å². The molecule has 0 saturated heterocycles. The Hall–Kier alpha value is -1.02. The zero-order valence-electron chi connectivity index (χ0n) is 12.5. The lowest BCUT2D eigenvalue weighted by Gasteiger charge is -2.35. The summed E-state index contributed by atoms with van der Waals surface area (Å²) in [6.45, 7) is 5.86. The second-order valence-electron chi connectivity index (χ2n) is 6.51. The molecule has 19 heavy (non-hydrogen) atoms. The van der Waals surface area contributed by atoms with Crippen molar-refractivity contribution in [2.24, 2.45) is 5.41 Å². The maximum atomic E-state index is 5.18. The number of benzene rings is 1. The average molecular weight is 261 g/mol. The first kappa shape index (κ1) is 14.4. The molecule has 1 atom stereocenters. The van der Waals surface area contributed by atoms with Crippen molar-refractivity contribution in [1.82, 2.24) is 5.32 Å². The van der Waals surface area contributed by atoms with E-state index in [1.165, 1.54) is 31.2 Å². The van der Waals surface area contributed by atoms with Gasteiger partial charge in [0.15, 0.2) is 0 Å². The molecule has 0 heterocycles. The van der Waals surface area contributed by atoms with Crippen molar-refractivity contribution in [3.63, 3.8) is 0 Å². The lowest BCUT2D eigenvalue weighted by Crippen LogP contribution is -2.38. The van der Waals surface area contributed by atoms with Gasteiger partial charge in [0.2, 0.25) is 0 Å². The largest absolute Gasteiger partial charge is 0.497 e. The van der Waals surface area contributed by atoms with E-state index < -0.39 is 0 Å². The van der Waals surface area contributed by atoms with Crippen LogP contribution in [0.1, 0.15) is 45.1 Å². The first-order chi connectivity index (χ1) is 9.09. The summed E-state index contributed by atoms with van der Waals surface area (Å²) in [4.78, 5) is 0. The Morgan fingerprint density at radius 2 is 2.00 bits per heavy atom. The number of ether oxygens (including phenoxy) is 1. The van der Waals surface area contributed by atoms with E-state index in [0.29, 0.717) is 11.5 Å². The molecule has 0 radical (unpaired) electrons. The molecule has 1 fully saturated rings. The van der Waals surface area contributed by atoms with Gasteiger partial charge in [0, 0.05) is 6.04 Å². The van der Waals surface area contributed by atoms with Crippen molar-refractivity contribution in [1.29, 1.82) is 0 Å². The molecule has 1 aromatic rings. The Kier molecular flexibility index (Phi) is 4.87. The lowest BCUT2D eigenvalue weighted by molar-refractivity contribution is 0.199. The number of methoxy groups -OCH3 is 1. The van der Waals surface area contributed by atoms with Crippen LogP contribution < -0.4 is 10.1 Å². The molecular formula is C17H27NO. The first-order valence-electron chi connectivity index (χ1n) is 7.45. The van der Waals surface area contributed by atoms with Crippen LogP contribution in [0.4, 0.5) is 0 Å². The topological polar surface area (TPSA) is 21.3 Å². The number of rotatable bonds is 5. The van der Waals surface area contributed by atoms with E-state index in [2.05, 4.69) is 31.3 Å². The van der Waals surface area contributed by atoms with Gasteiger partial charge >= 0.3 is 0 Å². The quantitative estimate of drug-likeness (QED) is 0.870. The summed E-state index contributed by atoms with van der Waals surface area (Å²) in [5.74, 6) is 0.936. The van der Waals surface area contributed by atoms with Crippen molar-refractivity contribution in [2.75, 3.05) is 13.7 Å². The van der Waals surface area contributed by atoms with Crippen LogP contribution in [0, 0.1) is 5.41 Å². The second kappa shape index (κ2) is 6.42. The van der Waals surface area contributed by atoms with Gasteiger partial charge in [-0.2, -0.15) is 0 Å². The molecule has 0 bridgehead atoms. The zero-order chi connectivity index (χ0) is 13.7. The SMILES string of the molecule is COc1ccc(CCNC2CCCC(C)(C)C2)cc1. The van der Waals surface area contributed by atoms with Gasteiger partial charge in [-0.25, -0.2) is 0 Å². The maximum Gasteiger partial charge on any atom is 0.118 e. The fourth-order valence-electron chi connectivity index (χ4n) is 3.09. The molecule has 1 unspecified atom stereocenters. The molecule has 2 nitrogen and oxygen atoms in total. The standard InChI is InChI=1S/C17H27NO/c1-17(2)11-4-5-15(13-17)18-12-10-14-6-8-16(19-3)9-7-14/h6-9,15,18H,4-5,10-13H2,1-3H3. The molecule has 106 valence electrons. The average Bonchev–Trinajstić information content (AvgIpc) is 2.38. The van der Waals surface area contributed by atoms with Crippen molar-refractivity contribution in [2.45, 2.75) is 52.0 Å². The van der Waals surface area contributed by atoms with Crippen LogP contribution in [0.3, 0.4) is 0 Å². The third kappa shape index (κ3) is 4.54. The molecule has 1 saturated carbocycles.